The maximum absolute atomic E-state index is 14.3. The number of carboxylic acids is 1. The Morgan fingerprint density at radius 1 is 1.24 bits per heavy atom. The van der Waals surface area contributed by atoms with Crippen LogP contribution in [-0.4, -0.2) is 31.8 Å². The lowest BCUT2D eigenvalue weighted by atomic mass is 9.92. The average molecular weight is 297 g/mol. The first-order chi connectivity index (χ1) is 9.92. The van der Waals surface area contributed by atoms with Crippen molar-refractivity contribution in [3.8, 4) is 11.5 Å². The zero-order chi connectivity index (χ0) is 15.7. The molecule has 1 aromatic rings. The van der Waals surface area contributed by atoms with E-state index in [9.17, 15) is 9.18 Å². The fraction of sp³-hybridized carbons (Fsp3) is 0.533. The van der Waals surface area contributed by atoms with Gasteiger partial charge in [0.15, 0.2) is 11.6 Å². The van der Waals surface area contributed by atoms with Crippen molar-refractivity contribution in [2.24, 2.45) is 5.92 Å². The van der Waals surface area contributed by atoms with E-state index in [1.165, 1.54) is 14.2 Å². The maximum Gasteiger partial charge on any atom is 0.307 e. The molecule has 1 aliphatic heterocycles. The first kappa shape index (κ1) is 15.6. The van der Waals surface area contributed by atoms with E-state index in [4.69, 9.17) is 14.6 Å². The minimum absolute atomic E-state index is 0.184. The molecular formula is C15H20FNO4. The van der Waals surface area contributed by atoms with Crippen LogP contribution in [-0.2, 0) is 4.79 Å². The number of benzene rings is 1. The van der Waals surface area contributed by atoms with Gasteiger partial charge in [0.2, 0.25) is 0 Å². The highest BCUT2D eigenvalue weighted by molar-refractivity contribution is 5.71. The minimum Gasteiger partial charge on any atom is -0.496 e. The molecule has 0 amide bonds. The highest BCUT2D eigenvalue weighted by Gasteiger charge is 2.34. The number of aliphatic carboxylic acids is 1. The van der Waals surface area contributed by atoms with Crippen molar-refractivity contribution in [2.45, 2.75) is 26.3 Å². The Kier molecular flexibility index (Phi) is 4.37. The second kappa shape index (κ2) is 5.89. The molecule has 2 unspecified atom stereocenters. The molecule has 0 bridgehead atoms. The van der Waals surface area contributed by atoms with E-state index in [0.717, 1.165) is 5.56 Å². The molecule has 5 nitrogen and oxygen atoms in total. The van der Waals surface area contributed by atoms with E-state index in [-0.39, 0.29) is 11.8 Å². The van der Waals surface area contributed by atoms with E-state index in [1.807, 2.05) is 0 Å². The molecule has 21 heavy (non-hydrogen) atoms. The number of methoxy groups -OCH3 is 2. The number of hydrogen-bond donors (Lipinski definition) is 2. The summed E-state index contributed by atoms with van der Waals surface area (Å²) in [7, 11) is 2.91. The molecule has 6 heteroatoms. The number of ether oxygens (including phenoxy) is 2. The van der Waals surface area contributed by atoms with Gasteiger partial charge < -0.3 is 19.9 Å². The quantitative estimate of drug-likeness (QED) is 0.891. The molecule has 0 aromatic heterocycles. The van der Waals surface area contributed by atoms with Crippen molar-refractivity contribution in [2.75, 3.05) is 20.8 Å². The number of hydrogen-bond acceptors (Lipinski definition) is 4. The first-order valence-electron chi connectivity index (χ1n) is 6.79. The van der Waals surface area contributed by atoms with Crippen molar-refractivity contribution in [1.82, 2.24) is 5.32 Å². The third kappa shape index (κ3) is 2.55. The topological polar surface area (TPSA) is 67.8 Å². The Bertz CT molecular complexity index is 574. The Labute approximate surface area is 123 Å². The fourth-order valence-electron chi connectivity index (χ4n) is 3.00. The SMILES string of the molecule is COc1c(C)c(C2CC(C(=O)O)CN2)c(OC)c(C)c1F. The smallest absolute Gasteiger partial charge is 0.307 e. The van der Waals surface area contributed by atoms with Gasteiger partial charge >= 0.3 is 5.97 Å². The summed E-state index contributed by atoms with van der Waals surface area (Å²) >= 11 is 0. The third-order valence-corrected chi connectivity index (χ3v) is 4.10. The molecule has 0 saturated carbocycles. The number of rotatable bonds is 4. The zero-order valence-corrected chi connectivity index (χ0v) is 12.6. The van der Waals surface area contributed by atoms with Crippen molar-refractivity contribution < 1.29 is 23.8 Å². The van der Waals surface area contributed by atoms with Gasteiger partial charge in [-0.05, 0) is 20.3 Å². The van der Waals surface area contributed by atoms with Gasteiger partial charge in [-0.3, -0.25) is 4.79 Å². The van der Waals surface area contributed by atoms with E-state index < -0.39 is 17.7 Å². The summed E-state index contributed by atoms with van der Waals surface area (Å²) in [5.74, 6) is -1.08. The molecule has 1 saturated heterocycles. The van der Waals surface area contributed by atoms with E-state index in [0.29, 0.717) is 29.8 Å². The van der Waals surface area contributed by atoms with Gasteiger partial charge in [-0.15, -0.1) is 0 Å². The van der Waals surface area contributed by atoms with Gasteiger partial charge in [0.05, 0.1) is 20.1 Å². The van der Waals surface area contributed by atoms with Crippen LogP contribution in [0.3, 0.4) is 0 Å². The van der Waals surface area contributed by atoms with E-state index >= 15 is 0 Å². The molecule has 2 N–H and O–H groups in total. The molecule has 0 aliphatic carbocycles. The zero-order valence-electron chi connectivity index (χ0n) is 12.6. The number of halogens is 1. The van der Waals surface area contributed by atoms with Crippen molar-refractivity contribution in [3.05, 3.63) is 22.5 Å². The molecule has 116 valence electrons. The lowest BCUT2D eigenvalue weighted by molar-refractivity contribution is -0.141. The standard InChI is InChI=1S/C15H20FNO4/c1-7-11(10-5-9(6-17-10)15(18)19)13(20-3)8(2)12(16)14(7)21-4/h9-10,17H,5-6H2,1-4H3,(H,18,19). The Morgan fingerprint density at radius 3 is 2.33 bits per heavy atom. The highest BCUT2D eigenvalue weighted by Crippen LogP contribution is 2.43. The number of carbonyl (C=O) groups is 1. The van der Waals surface area contributed by atoms with Crippen LogP contribution in [0, 0.1) is 25.6 Å². The Hall–Kier alpha value is -1.82. The fourth-order valence-corrected chi connectivity index (χ4v) is 3.00. The van der Waals surface area contributed by atoms with Gasteiger partial charge in [0.25, 0.3) is 0 Å². The normalized spacial score (nSPS) is 21.4. The van der Waals surface area contributed by atoms with Gasteiger partial charge in [-0.25, -0.2) is 4.39 Å². The van der Waals surface area contributed by atoms with Crippen LogP contribution in [0.1, 0.15) is 29.2 Å². The van der Waals surface area contributed by atoms with Crippen LogP contribution in [0.2, 0.25) is 0 Å². The second-order valence-electron chi connectivity index (χ2n) is 5.28. The second-order valence-corrected chi connectivity index (χ2v) is 5.28. The Morgan fingerprint density at radius 2 is 1.86 bits per heavy atom. The monoisotopic (exact) mass is 297 g/mol. The molecule has 0 spiro atoms. The molecule has 1 aliphatic rings. The summed E-state index contributed by atoms with van der Waals surface area (Å²) in [6, 6.07) is -0.186. The highest BCUT2D eigenvalue weighted by atomic mass is 19.1. The Balaban J connectivity index is 2.53. The number of nitrogens with one attached hydrogen (secondary N) is 1. The summed E-state index contributed by atoms with van der Waals surface area (Å²) in [6.45, 7) is 3.78. The summed E-state index contributed by atoms with van der Waals surface area (Å²) in [5.41, 5.74) is 1.79. The van der Waals surface area contributed by atoms with Crippen LogP contribution in [0.15, 0.2) is 0 Å². The molecule has 2 rings (SSSR count). The van der Waals surface area contributed by atoms with Gasteiger partial charge in [-0.1, -0.05) is 0 Å². The van der Waals surface area contributed by atoms with Crippen LogP contribution < -0.4 is 14.8 Å². The van der Waals surface area contributed by atoms with E-state index in [2.05, 4.69) is 5.32 Å². The van der Waals surface area contributed by atoms with Gasteiger partial charge in [0.1, 0.15) is 5.75 Å². The summed E-state index contributed by atoms with van der Waals surface area (Å²) < 4.78 is 24.8. The van der Waals surface area contributed by atoms with Gasteiger partial charge in [-0.2, -0.15) is 0 Å². The van der Waals surface area contributed by atoms with Crippen LogP contribution in [0.4, 0.5) is 4.39 Å². The molecule has 1 fully saturated rings. The average Bonchev–Trinajstić information content (AvgIpc) is 2.92. The van der Waals surface area contributed by atoms with E-state index in [1.54, 1.807) is 13.8 Å². The summed E-state index contributed by atoms with van der Waals surface area (Å²) in [5, 5.41) is 12.3. The lowest BCUT2D eigenvalue weighted by Gasteiger charge is -2.22. The first-order valence-corrected chi connectivity index (χ1v) is 6.79. The number of carboxylic acid groups (broad SMARTS) is 1. The molecule has 1 aromatic carbocycles. The molecular weight excluding hydrogens is 277 g/mol. The predicted octanol–water partition coefficient (Wildman–Crippen LogP) is 2.19. The molecule has 1 heterocycles. The van der Waals surface area contributed by atoms with Crippen LogP contribution >= 0.6 is 0 Å². The van der Waals surface area contributed by atoms with Crippen LogP contribution in [0.5, 0.6) is 11.5 Å². The van der Waals surface area contributed by atoms with Crippen molar-refractivity contribution >= 4 is 5.97 Å². The predicted molar refractivity (Wildman–Crippen MR) is 75.5 cm³/mol. The summed E-state index contributed by atoms with van der Waals surface area (Å²) in [6.07, 6.45) is 0.445. The van der Waals surface area contributed by atoms with Gasteiger partial charge in [0, 0.05) is 29.3 Å². The molecule has 2 atom stereocenters. The largest absolute Gasteiger partial charge is 0.496 e. The summed E-state index contributed by atoms with van der Waals surface area (Å²) in [4.78, 5) is 11.1. The third-order valence-electron chi connectivity index (χ3n) is 4.10. The molecule has 0 radical (unpaired) electrons. The maximum atomic E-state index is 14.3. The minimum atomic E-state index is -0.826. The lowest BCUT2D eigenvalue weighted by Crippen LogP contribution is -2.18. The van der Waals surface area contributed by atoms with Crippen molar-refractivity contribution in [1.29, 1.82) is 0 Å². The van der Waals surface area contributed by atoms with Crippen molar-refractivity contribution in [3.63, 3.8) is 0 Å². The van der Waals surface area contributed by atoms with Crippen LogP contribution in [0.25, 0.3) is 0 Å².